The van der Waals surface area contributed by atoms with E-state index in [0.29, 0.717) is 6.04 Å². The van der Waals surface area contributed by atoms with E-state index in [2.05, 4.69) is 17.2 Å². The number of halogens is 1. The first-order valence-electron chi connectivity index (χ1n) is 7.21. The third-order valence-electron chi connectivity index (χ3n) is 4.03. The number of aromatic nitrogens is 1. The van der Waals surface area contributed by atoms with E-state index in [4.69, 9.17) is 0 Å². The Morgan fingerprint density at radius 3 is 3.05 bits per heavy atom. The zero-order valence-corrected chi connectivity index (χ0v) is 11.4. The highest BCUT2D eigenvalue weighted by atomic mass is 19.1. The molecule has 1 aromatic carbocycles. The monoisotopic (exact) mass is 260 g/mol. The van der Waals surface area contributed by atoms with Gasteiger partial charge in [0, 0.05) is 23.1 Å². The summed E-state index contributed by atoms with van der Waals surface area (Å²) in [5.74, 6) is 0.762. The van der Waals surface area contributed by atoms with Crippen molar-refractivity contribution >= 4 is 10.9 Å². The third kappa shape index (κ3) is 3.16. The van der Waals surface area contributed by atoms with E-state index in [1.54, 1.807) is 6.07 Å². The van der Waals surface area contributed by atoms with Crippen molar-refractivity contribution < 1.29 is 4.39 Å². The van der Waals surface area contributed by atoms with Gasteiger partial charge in [0.1, 0.15) is 5.82 Å². The smallest absolute Gasteiger partial charge is 0.123 e. The van der Waals surface area contributed by atoms with Gasteiger partial charge in [-0.3, -0.25) is 0 Å². The minimum atomic E-state index is -0.159. The van der Waals surface area contributed by atoms with Crippen LogP contribution in [0, 0.1) is 11.7 Å². The number of nitrogens with one attached hydrogen (secondary N) is 2. The molecule has 1 aromatic heterocycles. The van der Waals surface area contributed by atoms with Gasteiger partial charge >= 0.3 is 0 Å². The van der Waals surface area contributed by atoms with E-state index < -0.39 is 0 Å². The van der Waals surface area contributed by atoms with E-state index in [9.17, 15) is 4.39 Å². The minimum absolute atomic E-state index is 0.159. The average Bonchev–Trinajstić information content (AvgIpc) is 3.15. The SMILES string of the molecule is CC(CCc1c[nH]c2ccc(F)cc12)NCC1CC1. The molecule has 102 valence electrons. The van der Waals surface area contributed by atoms with Crippen molar-refractivity contribution in [3.8, 4) is 0 Å². The molecule has 2 aromatic rings. The molecule has 0 spiro atoms. The van der Waals surface area contributed by atoms with Crippen LogP contribution in [0.4, 0.5) is 4.39 Å². The molecule has 1 aliphatic rings. The van der Waals surface area contributed by atoms with Crippen LogP contribution in [0.5, 0.6) is 0 Å². The Labute approximate surface area is 113 Å². The molecule has 2 nitrogen and oxygen atoms in total. The quantitative estimate of drug-likeness (QED) is 0.815. The average molecular weight is 260 g/mol. The fourth-order valence-corrected chi connectivity index (χ4v) is 2.52. The van der Waals surface area contributed by atoms with Crippen molar-refractivity contribution in [2.75, 3.05) is 6.54 Å². The van der Waals surface area contributed by atoms with Gasteiger partial charge in [-0.05, 0) is 68.8 Å². The lowest BCUT2D eigenvalue weighted by Gasteiger charge is -2.12. The Morgan fingerprint density at radius 2 is 2.26 bits per heavy atom. The normalized spacial score (nSPS) is 16.9. The first kappa shape index (κ1) is 12.7. The van der Waals surface area contributed by atoms with Crippen molar-refractivity contribution in [1.82, 2.24) is 10.3 Å². The number of H-pyrrole nitrogens is 1. The maximum atomic E-state index is 13.3. The Bertz CT molecular complexity index is 557. The summed E-state index contributed by atoms with van der Waals surface area (Å²) in [5.41, 5.74) is 2.24. The summed E-state index contributed by atoms with van der Waals surface area (Å²) < 4.78 is 13.3. The van der Waals surface area contributed by atoms with Crippen LogP contribution >= 0.6 is 0 Å². The molecule has 0 amide bonds. The lowest BCUT2D eigenvalue weighted by molar-refractivity contribution is 0.500. The highest BCUT2D eigenvalue weighted by molar-refractivity contribution is 5.83. The zero-order valence-electron chi connectivity index (χ0n) is 11.4. The summed E-state index contributed by atoms with van der Waals surface area (Å²) in [4.78, 5) is 3.21. The molecule has 1 aliphatic carbocycles. The number of rotatable bonds is 6. The number of aryl methyl sites for hydroxylation is 1. The van der Waals surface area contributed by atoms with Crippen LogP contribution in [0.3, 0.4) is 0 Å². The first-order chi connectivity index (χ1) is 9.22. The van der Waals surface area contributed by atoms with Gasteiger partial charge in [0.15, 0.2) is 0 Å². The number of hydrogen-bond donors (Lipinski definition) is 2. The predicted octanol–water partition coefficient (Wildman–Crippen LogP) is 3.63. The lowest BCUT2D eigenvalue weighted by Crippen LogP contribution is -2.28. The van der Waals surface area contributed by atoms with E-state index >= 15 is 0 Å². The molecule has 1 atom stereocenters. The van der Waals surface area contributed by atoms with Gasteiger partial charge in [-0.1, -0.05) is 0 Å². The topological polar surface area (TPSA) is 27.8 Å². The maximum absolute atomic E-state index is 13.3. The largest absolute Gasteiger partial charge is 0.361 e. The number of fused-ring (bicyclic) bond motifs is 1. The van der Waals surface area contributed by atoms with Gasteiger partial charge in [-0.15, -0.1) is 0 Å². The predicted molar refractivity (Wildman–Crippen MR) is 76.8 cm³/mol. The first-order valence-corrected chi connectivity index (χ1v) is 7.21. The Kier molecular flexibility index (Phi) is 3.56. The maximum Gasteiger partial charge on any atom is 0.123 e. The van der Waals surface area contributed by atoms with Crippen LogP contribution in [0.15, 0.2) is 24.4 Å². The standard InChI is InChI=1S/C16H21FN2/c1-11(18-9-12-3-4-12)2-5-13-10-19-16-7-6-14(17)8-15(13)16/h6-8,10-12,18-19H,2-5,9H2,1H3. The molecule has 3 rings (SSSR count). The molecule has 19 heavy (non-hydrogen) atoms. The molecule has 1 unspecified atom stereocenters. The highest BCUT2D eigenvalue weighted by Crippen LogP contribution is 2.28. The molecule has 0 radical (unpaired) electrons. The van der Waals surface area contributed by atoms with Crippen LogP contribution in [0.25, 0.3) is 10.9 Å². The van der Waals surface area contributed by atoms with Crippen molar-refractivity contribution in [3.05, 3.63) is 35.8 Å². The zero-order chi connectivity index (χ0) is 13.2. The Hall–Kier alpha value is -1.35. The fraction of sp³-hybridized carbons (Fsp3) is 0.500. The van der Waals surface area contributed by atoms with E-state index in [1.165, 1.54) is 24.5 Å². The number of benzene rings is 1. The van der Waals surface area contributed by atoms with Crippen LogP contribution in [0.1, 0.15) is 31.7 Å². The summed E-state index contributed by atoms with van der Waals surface area (Å²) >= 11 is 0. The second-order valence-electron chi connectivity index (χ2n) is 5.80. The molecular weight excluding hydrogens is 239 g/mol. The Balaban J connectivity index is 1.59. The molecule has 2 N–H and O–H groups in total. The summed E-state index contributed by atoms with van der Waals surface area (Å²) in [6, 6.07) is 5.47. The number of hydrogen-bond acceptors (Lipinski definition) is 1. The summed E-state index contributed by atoms with van der Waals surface area (Å²) in [6.45, 7) is 3.39. The molecule has 0 aliphatic heterocycles. The van der Waals surface area contributed by atoms with Crippen molar-refractivity contribution in [3.63, 3.8) is 0 Å². The van der Waals surface area contributed by atoms with E-state index in [0.717, 1.165) is 36.2 Å². The summed E-state index contributed by atoms with van der Waals surface area (Å²) in [5, 5.41) is 4.60. The van der Waals surface area contributed by atoms with E-state index in [1.807, 2.05) is 12.3 Å². The van der Waals surface area contributed by atoms with Gasteiger partial charge < -0.3 is 10.3 Å². The lowest BCUT2D eigenvalue weighted by atomic mass is 10.1. The van der Waals surface area contributed by atoms with Crippen molar-refractivity contribution in [1.29, 1.82) is 0 Å². The molecule has 1 fully saturated rings. The van der Waals surface area contributed by atoms with Crippen molar-refractivity contribution in [2.24, 2.45) is 5.92 Å². The molecular formula is C16H21FN2. The number of aromatic amines is 1. The second-order valence-corrected chi connectivity index (χ2v) is 5.80. The second kappa shape index (κ2) is 5.33. The fourth-order valence-electron chi connectivity index (χ4n) is 2.52. The van der Waals surface area contributed by atoms with Crippen molar-refractivity contribution in [2.45, 2.75) is 38.6 Å². The van der Waals surface area contributed by atoms with Gasteiger partial charge in [0.2, 0.25) is 0 Å². The van der Waals surface area contributed by atoms with Gasteiger partial charge in [-0.25, -0.2) is 4.39 Å². The Morgan fingerprint density at radius 1 is 1.42 bits per heavy atom. The van der Waals surface area contributed by atoms with Crippen LogP contribution < -0.4 is 5.32 Å². The van der Waals surface area contributed by atoms with E-state index in [-0.39, 0.29) is 5.82 Å². The van der Waals surface area contributed by atoms with Gasteiger partial charge in [0.25, 0.3) is 0 Å². The molecule has 1 saturated carbocycles. The molecule has 0 bridgehead atoms. The summed E-state index contributed by atoms with van der Waals surface area (Å²) in [6.07, 6.45) is 6.87. The minimum Gasteiger partial charge on any atom is -0.361 e. The third-order valence-corrected chi connectivity index (χ3v) is 4.03. The van der Waals surface area contributed by atoms with Gasteiger partial charge in [0.05, 0.1) is 0 Å². The van der Waals surface area contributed by atoms with Gasteiger partial charge in [-0.2, -0.15) is 0 Å². The van der Waals surface area contributed by atoms with Crippen LogP contribution in [0.2, 0.25) is 0 Å². The van der Waals surface area contributed by atoms with Crippen LogP contribution in [-0.2, 0) is 6.42 Å². The molecule has 0 saturated heterocycles. The molecule has 1 heterocycles. The summed E-state index contributed by atoms with van der Waals surface area (Å²) in [7, 11) is 0. The molecule has 3 heteroatoms. The van der Waals surface area contributed by atoms with Crippen LogP contribution in [-0.4, -0.2) is 17.6 Å². The highest BCUT2D eigenvalue weighted by Gasteiger charge is 2.21.